The molecule has 1 aliphatic rings. The van der Waals surface area contributed by atoms with Gasteiger partial charge in [0.2, 0.25) is 5.91 Å². The molecule has 1 aliphatic carbocycles. The number of rotatable bonds is 5. The summed E-state index contributed by atoms with van der Waals surface area (Å²) in [4.78, 5) is 12.0. The predicted octanol–water partition coefficient (Wildman–Crippen LogP) is 0.929. The smallest absolute Gasteiger partial charge is 0.237 e. The van der Waals surface area contributed by atoms with E-state index in [1.165, 1.54) is 0 Å². The predicted molar refractivity (Wildman–Crippen MR) is 80.8 cm³/mol. The van der Waals surface area contributed by atoms with Crippen molar-refractivity contribution in [2.75, 3.05) is 6.54 Å². The Bertz CT molecular complexity index is 461. The minimum atomic E-state index is -0.594. The van der Waals surface area contributed by atoms with E-state index in [4.69, 9.17) is 5.73 Å². The summed E-state index contributed by atoms with van der Waals surface area (Å²) in [6.07, 6.45) is 3.90. The molecule has 0 bridgehead atoms. The third kappa shape index (κ3) is 5.02. The summed E-state index contributed by atoms with van der Waals surface area (Å²) in [5, 5.41) is 21.7. The molecule has 0 heterocycles. The first-order valence-electron chi connectivity index (χ1n) is 7.54. The Morgan fingerprint density at radius 1 is 1.33 bits per heavy atom. The average Bonchev–Trinajstić information content (AvgIpc) is 2.47. The highest BCUT2D eigenvalue weighted by Crippen LogP contribution is 2.23. The molecular weight excluding hydrogens is 268 g/mol. The molecule has 1 saturated carbocycles. The van der Waals surface area contributed by atoms with Crippen LogP contribution in [-0.2, 0) is 11.2 Å². The van der Waals surface area contributed by atoms with E-state index in [-0.39, 0.29) is 17.8 Å². The van der Waals surface area contributed by atoms with Crippen molar-refractivity contribution < 1.29 is 15.0 Å². The monoisotopic (exact) mass is 292 g/mol. The van der Waals surface area contributed by atoms with Crippen LogP contribution in [0.3, 0.4) is 0 Å². The number of carbonyl (C=O) groups excluding carboxylic acids is 1. The van der Waals surface area contributed by atoms with Crippen molar-refractivity contribution in [3.63, 3.8) is 0 Å². The van der Waals surface area contributed by atoms with Gasteiger partial charge >= 0.3 is 0 Å². The highest BCUT2D eigenvalue weighted by atomic mass is 16.3. The Morgan fingerprint density at radius 3 is 2.71 bits per heavy atom. The van der Waals surface area contributed by atoms with Gasteiger partial charge in [-0.05, 0) is 49.3 Å². The van der Waals surface area contributed by atoms with E-state index in [0.29, 0.717) is 18.9 Å². The summed E-state index contributed by atoms with van der Waals surface area (Å²) in [5.74, 6) is 0.384. The van der Waals surface area contributed by atoms with E-state index < -0.39 is 6.04 Å². The van der Waals surface area contributed by atoms with E-state index in [9.17, 15) is 15.0 Å². The zero-order chi connectivity index (χ0) is 15.2. The molecular formula is C16H24N2O3. The van der Waals surface area contributed by atoms with Gasteiger partial charge < -0.3 is 21.3 Å². The molecule has 0 radical (unpaired) electrons. The first-order valence-corrected chi connectivity index (χ1v) is 7.54. The van der Waals surface area contributed by atoms with Gasteiger partial charge in [0.15, 0.2) is 0 Å². The minimum Gasteiger partial charge on any atom is -0.508 e. The number of phenols is 1. The molecule has 21 heavy (non-hydrogen) atoms. The van der Waals surface area contributed by atoms with Crippen LogP contribution in [0.25, 0.3) is 0 Å². The summed E-state index contributed by atoms with van der Waals surface area (Å²) in [7, 11) is 0. The van der Waals surface area contributed by atoms with Crippen LogP contribution in [-0.4, -0.2) is 34.8 Å². The Hall–Kier alpha value is -1.59. The third-order valence-electron chi connectivity index (χ3n) is 4.05. The second-order valence-corrected chi connectivity index (χ2v) is 5.91. The second-order valence-electron chi connectivity index (χ2n) is 5.91. The van der Waals surface area contributed by atoms with Crippen molar-refractivity contribution in [3.8, 4) is 5.75 Å². The van der Waals surface area contributed by atoms with Gasteiger partial charge in [-0.3, -0.25) is 4.79 Å². The quantitative estimate of drug-likeness (QED) is 0.649. The lowest BCUT2D eigenvalue weighted by atomic mass is 9.87. The Morgan fingerprint density at radius 2 is 2.05 bits per heavy atom. The van der Waals surface area contributed by atoms with Crippen LogP contribution < -0.4 is 11.1 Å². The van der Waals surface area contributed by atoms with Crippen LogP contribution in [0.5, 0.6) is 5.75 Å². The summed E-state index contributed by atoms with van der Waals surface area (Å²) in [6.45, 7) is 0.583. The maximum atomic E-state index is 12.0. The maximum Gasteiger partial charge on any atom is 0.237 e. The molecule has 1 aromatic carbocycles. The van der Waals surface area contributed by atoms with E-state index in [1.54, 1.807) is 24.3 Å². The number of nitrogens with one attached hydrogen (secondary N) is 1. The summed E-state index contributed by atoms with van der Waals surface area (Å²) < 4.78 is 0. The lowest BCUT2D eigenvalue weighted by Gasteiger charge is -2.26. The fourth-order valence-corrected chi connectivity index (χ4v) is 2.80. The molecule has 5 N–H and O–H groups in total. The first kappa shape index (κ1) is 15.8. The van der Waals surface area contributed by atoms with Gasteiger partial charge in [-0.1, -0.05) is 18.6 Å². The fourth-order valence-electron chi connectivity index (χ4n) is 2.80. The second kappa shape index (κ2) is 7.43. The first-order chi connectivity index (χ1) is 10.0. The summed E-state index contributed by atoms with van der Waals surface area (Å²) in [5.41, 5.74) is 6.83. The number of benzene rings is 1. The van der Waals surface area contributed by atoms with Gasteiger partial charge in [0.05, 0.1) is 12.1 Å². The maximum absolute atomic E-state index is 12.0. The number of aliphatic hydroxyl groups excluding tert-OH is 1. The normalized spacial score (nSPS) is 23.5. The number of phenolic OH excluding ortho intramolecular Hbond substituents is 1. The number of amides is 1. The minimum absolute atomic E-state index is 0.164. The van der Waals surface area contributed by atoms with E-state index >= 15 is 0 Å². The molecule has 0 spiro atoms. The van der Waals surface area contributed by atoms with Crippen molar-refractivity contribution in [1.82, 2.24) is 5.32 Å². The van der Waals surface area contributed by atoms with Crippen LogP contribution in [0.15, 0.2) is 24.3 Å². The Kier molecular flexibility index (Phi) is 5.59. The summed E-state index contributed by atoms with van der Waals surface area (Å²) in [6, 6.07) is 6.11. The van der Waals surface area contributed by atoms with Gasteiger partial charge in [-0.15, -0.1) is 0 Å². The number of hydrogen-bond acceptors (Lipinski definition) is 4. The topological polar surface area (TPSA) is 95.6 Å². The highest BCUT2D eigenvalue weighted by Gasteiger charge is 2.21. The number of hydrogen-bond donors (Lipinski definition) is 4. The van der Waals surface area contributed by atoms with Gasteiger partial charge in [-0.2, -0.15) is 0 Å². The summed E-state index contributed by atoms with van der Waals surface area (Å²) >= 11 is 0. The van der Waals surface area contributed by atoms with E-state index in [2.05, 4.69) is 5.32 Å². The van der Waals surface area contributed by atoms with E-state index in [1.807, 2.05) is 0 Å². The van der Waals surface area contributed by atoms with Crippen LogP contribution >= 0.6 is 0 Å². The Labute approximate surface area is 125 Å². The molecule has 0 aromatic heterocycles. The molecule has 5 nitrogen and oxygen atoms in total. The number of aliphatic hydroxyl groups is 1. The molecule has 2 rings (SSSR count). The molecule has 0 saturated heterocycles. The lowest BCUT2D eigenvalue weighted by molar-refractivity contribution is -0.122. The number of aromatic hydroxyl groups is 1. The largest absolute Gasteiger partial charge is 0.508 e. The molecule has 1 fully saturated rings. The zero-order valence-corrected chi connectivity index (χ0v) is 12.2. The SMILES string of the molecule is N[C@@H](Cc1ccc(O)cc1)C(=O)NCC1CCCC(O)C1. The van der Waals surface area contributed by atoms with Gasteiger partial charge in [-0.25, -0.2) is 0 Å². The number of nitrogens with two attached hydrogens (primary N) is 1. The van der Waals surface area contributed by atoms with Gasteiger partial charge in [0, 0.05) is 6.54 Å². The Balaban J connectivity index is 1.75. The van der Waals surface area contributed by atoms with Gasteiger partial charge in [0.1, 0.15) is 5.75 Å². The van der Waals surface area contributed by atoms with Gasteiger partial charge in [0.25, 0.3) is 0 Å². The molecule has 0 aliphatic heterocycles. The third-order valence-corrected chi connectivity index (χ3v) is 4.05. The van der Waals surface area contributed by atoms with Crippen LogP contribution in [0.1, 0.15) is 31.2 Å². The molecule has 116 valence electrons. The van der Waals surface area contributed by atoms with Crippen LogP contribution in [0, 0.1) is 5.92 Å². The van der Waals surface area contributed by atoms with Crippen molar-refractivity contribution in [3.05, 3.63) is 29.8 Å². The van der Waals surface area contributed by atoms with Crippen LogP contribution in [0.2, 0.25) is 0 Å². The molecule has 1 amide bonds. The van der Waals surface area contributed by atoms with E-state index in [0.717, 1.165) is 31.2 Å². The lowest BCUT2D eigenvalue weighted by Crippen LogP contribution is -2.44. The van der Waals surface area contributed by atoms with Crippen molar-refractivity contribution in [2.45, 2.75) is 44.2 Å². The standard InChI is InChI=1S/C16H24N2O3/c17-15(9-11-4-6-13(19)7-5-11)16(21)18-10-12-2-1-3-14(20)8-12/h4-7,12,14-15,19-20H,1-3,8-10,17H2,(H,18,21)/t12?,14?,15-/m0/s1. The fraction of sp³-hybridized carbons (Fsp3) is 0.562. The average molecular weight is 292 g/mol. The van der Waals surface area contributed by atoms with Crippen LogP contribution in [0.4, 0.5) is 0 Å². The van der Waals surface area contributed by atoms with Crippen molar-refractivity contribution in [1.29, 1.82) is 0 Å². The van der Waals surface area contributed by atoms with Crippen molar-refractivity contribution in [2.24, 2.45) is 11.7 Å². The molecule has 5 heteroatoms. The highest BCUT2D eigenvalue weighted by molar-refractivity contribution is 5.81. The molecule has 3 atom stereocenters. The molecule has 1 aromatic rings. The zero-order valence-electron chi connectivity index (χ0n) is 12.2. The molecule has 2 unspecified atom stereocenters. The van der Waals surface area contributed by atoms with Crippen molar-refractivity contribution >= 4 is 5.91 Å². The number of carbonyl (C=O) groups is 1.